The van der Waals surface area contributed by atoms with Gasteiger partial charge in [-0.2, -0.15) is 11.8 Å². The number of unbranched alkanes of at least 4 members (excludes halogenated alkanes) is 1. The van der Waals surface area contributed by atoms with Gasteiger partial charge >= 0.3 is 0 Å². The van der Waals surface area contributed by atoms with Crippen LogP contribution < -0.4 is 10.6 Å². The smallest absolute Gasteiger partial charge is 0.190 e. The molecule has 4 nitrogen and oxygen atoms in total. The number of halogens is 1. The van der Waals surface area contributed by atoms with Gasteiger partial charge in [0.2, 0.25) is 0 Å². The summed E-state index contributed by atoms with van der Waals surface area (Å²) in [6.07, 6.45) is 8.62. The molecular formula is C14H31IN4S. The molecule has 1 rings (SSSR count). The molecule has 0 radical (unpaired) electrons. The van der Waals surface area contributed by atoms with Crippen molar-refractivity contribution in [3.05, 3.63) is 0 Å². The molecule has 1 fully saturated rings. The SMILES string of the molecule is CN=C(NCCCCSC)NCCCN1CCCC1.I. The van der Waals surface area contributed by atoms with E-state index in [1.807, 2.05) is 18.8 Å². The fourth-order valence-corrected chi connectivity index (χ4v) is 2.81. The number of thioether (sulfide) groups is 1. The molecule has 0 saturated carbocycles. The van der Waals surface area contributed by atoms with Crippen molar-refractivity contribution in [1.82, 2.24) is 15.5 Å². The Morgan fingerprint density at radius 3 is 2.35 bits per heavy atom. The molecule has 0 amide bonds. The van der Waals surface area contributed by atoms with Gasteiger partial charge in [0, 0.05) is 20.1 Å². The van der Waals surface area contributed by atoms with Gasteiger partial charge < -0.3 is 15.5 Å². The standard InChI is InChI=1S/C14H30N4S.HI/c1-15-14(16-8-3-6-13-19-2)17-9-7-12-18-10-4-5-11-18;/h3-13H2,1-2H3,(H2,15,16,17);1H. The summed E-state index contributed by atoms with van der Waals surface area (Å²) < 4.78 is 0. The lowest BCUT2D eigenvalue weighted by Gasteiger charge is -2.15. The van der Waals surface area contributed by atoms with Gasteiger partial charge in [0.05, 0.1) is 0 Å². The van der Waals surface area contributed by atoms with Crippen LogP contribution >= 0.6 is 35.7 Å². The highest BCUT2D eigenvalue weighted by Gasteiger charge is 2.10. The molecule has 0 atom stereocenters. The summed E-state index contributed by atoms with van der Waals surface area (Å²) in [5.74, 6) is 2.20. The average Bonchev–Trinajstić information content (AvgIpc) is 2.94. The Morgan fingerprint density at radius 1 is 1.10 bits per heavy atom. The lowest BCUT2D eigenvalue weighted by atomic mass is 10.3. The van der Waals surface area contributed by atoms with E-state index in [1.54, 1.807) is 0 Å². The van der Waals surface area contributed by atoms with Crippen LogP contribution in [-0.4, -0.2) is 62.6 Å². The molecule has 0 bridgehead atoms. The molecule has 1 aliphatic heterocycles. The number of guanidine groups is 1. The number of nitrogens with one attached hydrogen (secondary N) is 2. The van der Waals surface area contributed by atoms with Gasteiger partial charge in [-0.1, -0.05) is 0 Å². The van der Waals surface area contributed by atoms with Gasteiger partial charge in [-0.15, -0.1) is 24.0 Å². The van der Waals surface area contributed by atoms with Crippen molar-refractivity contribution in [3.63, 3.8) is 0 Å². The van der Waals surface area contributed by atoms with E-state index in [9.17, 15) is 0 Å². The van der Waals surface area contributed by atoms with Gasteiger partial charge in [0.25, 0.3) is 0 Å². The van der Waals surface area contributed by atoms with Crippen molar-refractivity contribution in [2.75, 3.05) is 51.8 Å². The number of hydrogen-bond donors (Lipinski definition) is 2. The maximum Gasteiger partial charge on any atom is 0.190 e. The molecule has 0 aliphatic carbocycles. The van der Waals surface area contributed by atoms with Crippen LogP contribution in [0.15, 0.2) is 4.99 Å². The molecule has 2 N–H and O–H groups in total. The van der Waals surface area contributed by atoms with E-state index < -0.39 is 0 Å². The molecule has 120 valence electrons. The van der Waals surface area contributed by atoms with Crippen LogP contribution in [0.3, 0.4) is 0 Å². The summed E-state index contributed by atoms with van der Waals surface area (Å²) >= 11 is 1.92. The molecular weight excluding hydrogens is 383 g/mol. The molecule has 0 unspecified atom stereocenters. The van der Waals surface area contributed by atoms with Crippen LogP contribution in [0.5, 0.6) is 0 Å². The van der Waals surface area contributed by atoms with Crippen molar-refractivity contribution in [1.29, 1.82) is 0 Å². The van der Waals surface area contributed by atoms with E-state index in [4.69, 9.17) is 0 Å². The third-order valence-electron chi connectivity index (χ3n) is 3.43. The second-order valence-electron chi connectivity index (χ2n) is 5.03. The molecule has 0 aromatic heterocycles. The van der Waals surface area contributed by atoms with Gasteiger partial charge in [-0.3, -0.25) is 4.99 Å². The van der Waals surface area contributed by atoms with Crippen LogP contribution in [0.4, 0.5) is 0 Å². The predicted molar refractivity (Wildman–Crippen MR) is 103 cm³/mol. The van der Waals surface area contributed by atoms with Crippen LogP contribution in [0.25, 0.3) is 0 Å². The van der Waals surface area contributed by atoms with E-state index in [2.05, 4.69) is 26.8 Å². The summed E-state index contributed by atoms with van der Waals surface area (Å²) in [7, 11) is 1.84. The summed E-state index contributed by atoms with van der Waals surface area (Å²) in [6, 6.07) is 0. The Morgan fingerprint density at radius 2 is 1.75 bits per heavy atom. The minimum absolute atomic E-state index is 0. The molecule has 0 aromatic rings. The Labute approximate surface area is 145 Å². The quantitative estimate of drug-likeness (QED) is 0.263. The number of aliphatic imine (C=N–C) groups is 1. The first-order valence-electron chi connectivity index (χ1n) is 7.52. The fourth-order valence-electron chi connectivity index (χ4n) is 2.31. The average molecular weight is 414 g/mol. The van der Waals surface area contributed by atoms with Crippen molar-refractivity contribution < 1.29 is 0 Å². The first-order valence-corrected chi connectivity index (χ1v) is 8.92. The lowest BCUT2D eigenvalue weighted by molar-refractivity contribution is 0.334. The van der Waals surface area contributed by atoms with E-state index in [-0.39, 0.29) is 24.0 Å². The first kappa shape index (κ1) is 20.3. The van der Waals surface area contributed by atoms with E-state index in [0.717, 1.165) is 19.0 Å². The van der Waals surface area contributed by atoms with Crippen LogP contribution in [0.1, 0.15) is 32.1 Å². The first-order chi connectivity index (χ1) is 9.36. The minimum Gasteiger partial charge on any atom is -0.356 e. The van der Waals surface area contributed by atoms with E-state index >= 15 is 0 Å². The lowest BCUT2D eigenvalue weighted by Crippen LogP contribution is -2.39. The monoisotopic (exact) mass is 414 g/mol. The van der Waals surface area contributed by atoms with Crippen molar-refractivity contribution in [2.45, 2.75) is 32.1 Å². The highest BCUT2D eigenvalue weighted by molar-refractivity contribution is 14.0. The highest BCUT2D eigenvalue weighted by Crippen LogP contribution is 2.06. The summed E-state index contributed by atoms with van der Waals surface area (Å²) in [4.78, 5) is 6.81. The van der Waals surface area contributed by atoms with E-state index in [0.29, 0.717) is 0 Å². The fraction of sp³-hybridized carbons (Fsp3) is 0.929. The molecule has 1 aliphatic rings. The molecule has 20 heavy (non-hydrogen) atoms. The Balaban J connectivity index is 0.00000361. The van der Waals surface area contributed by atoms with Gasteiger partial charge in [-0.05, 0) is 63.7 Å². The largest absolute Gasteiger partial charge is 0.356 e. The molecule has 6 heteroatoms. The maximum atomic E-state index is 4.25. The van der Waals surface area contributed by atoms with Crippen LogP contribution in [0, 0.1) is 0 Å². The zero-order valence-electron chi connectivity index (χ0n) is 13.0. The van der Waals surface area contributed by atoms with Gasteiger partial charge in [0.1, 0.15) is 0 Å². The zero-order chi connectivity index (χ0) is 13.8. The summed E-state index contributed by atoms with van der Waals surface area (Å²) in [6.45, 7) is 5.84. The second kappa shape index (κ2) is 14.3. The Bertz CT molecular complexity index is 245. The number of rotatable bonds is 9. The molecule has 0 spiro atoms. The molecule has 1 saturated heterocycles. The Kier molecular flexibility index (Phi) is 14.5. The van der Waals surface area contributed by atoms with Gasteiger partial charge in [-0.25, -0.2) is 0 Å². The van der Waals surface area contributed by atoms with Crippen LogP contribution in [-0.2, 0) is 0 Å². The molecule has 1 heterocycles. The third kappa shape index (κ3) is 10.1. The number of hydrogen-bond acceptors (Lipinski definition) is 3. The Hall–Kier alpha value is 0.310. The second-order valence-corrected chi connectivity index (χ2v) is 6.01. The topological polar surface area (TPSA) is 39.7 Å². The van der Waals surface area contributed by atoms with Gasteiger partial charge in [0.15, 0.2) is 5.96 Å². The number of nitrogens with zero attached hydrogens (tertiary/aromatic N) is 2. The van der Waals surface area contributed by atoms with E-state index in [1.165, 1.54) is 57.5 Å². The minimum atomic E-state index is 0. The number of likely N-dealkylation sites (tertiary alicyclic amines) is 1. The predicted octanol–water partition coefficient (Wildman–Crippen LogP) is 2.40. The third-order valence-corrected chi connectivity index (χ3v) is 4.13. The van der Waals surface area contributed by atoms with Crippen LogP contribution in [0.2, 0.25) is 0 Å². The maximum absolute atomic E-state index is 4.25. The van der Waals surface area contributed by atoms with Crippen molar-refractivity contribution >= 4 is 41.7 Å². The van der Waals surface area contributed by atoms with Crippen molar-refractivity contribution in [2.24, 2.45) is 4.99 Å². The molecule has 0 aromatic carbocycles. The normalized spacial score (nSPS) is 16.0. The van der Waals surface area contributed by atoms with Crippen molar-refractivity contribution in [3.8, 4) is 0 Å². The summed E-state index contributed by atoms with van der Waals surface area (Å²) in [5, 5.41) is 6.76. The highest BCUT2D eigenvalue weighted by atomic mass is 127. The summed E-state index contributed by atoms with van der Waals surface area (Å²) in [5.41, 5.74) is 0. The zero-order valence-corrected chi connectivity index (χ0v) is 16.1.